The van der Waals surface area contributed by atoms with Crippen LogP contribution in [0, 0.1) is 5.82 Å². The molecule has 0 saturated carbocycles. The number of aromatic hydroxyl groups is 1. The second-order valence-corrected chi connectivity index (χ2v) is 6.29. The number of unbranched alkanes of at least 4 members (excludes halogenated alkanes) is 3. The normalized spacial score (nSPS) is 12.6. The number of rotatable bonds is 8. The third kappa shape index (κ3) is 4.91. The molecule has 0 bridgehead atoms. The van der Waals surface area contributed by atoms with Crippen LogP contribution in [-0.2, 0) is 0 Å². The molecule has 2 N–H and O–H groups in total. The smallest absolute Gasteiger partial charge is 0.335 e. The summed E-state index contributed by atoms with van der Waals surface area (Å²) < 4.78 is 14.3. The van der Waals surface area contributed by atoms with E-state index in [1.807, 2.05) is 6.92 Å². The lowest BCUT2D eigenvalue weighted by Crippen LogP contribution is -2.31. The summed E-state index contributed by atoms with van der Waals surface area (Å²) in [6.45, 7) is 4.07. The van der Waals surface area contributed by atoms with E-state index in [9.17, 15) is 19.1 Å². The van der Waals surface area contributed by atoms with Crippen molar-refractivity contribution in [3.8, 4) is 11.6 Å². The zero-order chi connectivity index (χ0) is 19.1. The molecule has 0 aliphatic heterocycles. The molecular weight excluding hydrogens is 337 g/mol. The third-order valence-corrected chi connectivity index (χ3v) is 4.12. The Balaban J connectivity index is 2.30. The van der Waals surface area contributed by atoms with Gasteiger partial charge in [-0.2, -0.15) is 0 Å². The van der Waals surface area contributed by atoms with E-state index >= 15 is 0 Å². The van der Waals surface area contributed by atoms with Gasteiger partial charge in [0.15, 0.2) is 0 Å². The van der Waals surface area contributed by atoms with Gasteiger partial charge in [-0.25, -0.2) is 13.8 Å². The van der Waals surface area contributed by atoms with Gasteiger partial charge in [0.1, 0.15) is 11.4 Å². The fourth-order valence-electron chi connectivity index (χ4n) is 2.65. The maximum Gasteiger partial charge on any atom is 0.335 e. The lowest BCUT2D eigenvalue weighted by atomic mass is 10.1. The fraction of sp³-hybridized carbons (Fsp3) is 0.421. The van der Waals surface area contributed by atoms with E-state index < -0.39 is 22.9 Å². The highest BCUT2D eigenvalue weighted by molar-refractivity contribution is 5.82. The number of aliphatic imine (C=N–C) groups is 1. The van der Waals surface area contributed by atoms with Crippen LogP contribution in [-0.4, -0.2) is 26.9 Å². The Labute approximate surface area is 151 Å². The topological polar surface area (TPSA) is 87.4 Å². The summed E-state index contributed by atoms with van der Waals surface area (Å²) in [6, 6.07) is 5.17. The number of benzene rings is 1. The number of aromatic nitrogens is 2. The second kappa shape index (κ2) is 9.12. The van der Waals surface area contributed by atoms with Crippen molar-refractivity contribution < 1.29 is 9.50 Å². The van der Waals surface area contributed by atoms with Gasteiger partial charge >= 0.3 is 5.69 Å². The first-order valence-corrected chi connectivity index (χ1v) is 8.81. The van der Waals surface area contributed by atoms with Crippen molar-refractivity contribution in [2.45, 2.75) is 52.0 Å². The molecule has 0 unspecified atom stereocenters. The van der Waals surface area contributed by atoms with Gasteiger partial charge < -0.3 is 5.11 Å². The maximum absolute atomic E-state index is 13.4. The molecule has 7 heteroatoms. The predicted octanol–water partition coefficient (Wildman–Crippen LogP) is 3.15. The number of H-pyrrole nitrogens is 1. The van der Waals surface area contributed by atoms with E-state index in [1.54, 1.807) is 0 Å². The van der Waals surface area contributed by atoms with Crippen molar-refractivity contribution in [1.29, 1.82) is 0 Å². The molecule has 2 aromatic rings. The minimum absolute atomic E-state index is 0.0137. The average molecular weight is 361 g/mol. The van der Waals surface area contributed by atoms with Crippen LogP contribution in [0.4, 0.5) is 4.39 Å². The number of hydrogen-bond donors (Lipinski definition) is 2. The summed E-state index contributed by atoms with van der Waals surface area (Å²) in [5.74, 6) is -1.12. The average Bonchev–Trinajstić information content (AvgIpc) is 2.58. The Kier molecular flexibility index (Phi) is 6.89. The van der Waals surface area contributed by atoms with Gasteiger partial charge in [-0.3, -0.25) is 14.8 Å². The molecule has 1 heterocycles. The van der Waals surface area contributed by atoms with E-state index in [2.05, 4.69) is 16.9 Å². The molecule has 0 spiro atoms. The number of aromatic amines is 1. The highest BCUT2D eigenvalue weighted by atomic mass is 19.1. The molecule has 1 aromatic carbocycles. The molecule has 1 aromatic heterocycles. The maximum atomic E-state index is 13.4. The summed E-state index contributed by atoms with van der Waals surface area (Å²) in [5.41, 5.74) is -1.59. The van der Waals surface area contributed by atoms with Crippen LogP contribution in [0.25, 0.3) is 5.69 Å². The standard InChI is InChI=1S/C19H24FN3O3/c1-3-4-5-6-8-13(2)21-12-16-17(24)22-19(26)23(18(16)25)15-10-7-9-14(20)11-15/h7,9-13,25H,3-6,8H2,1-2H3,(H,22,24,26)/t13-/m0/s1. The van der Waals surface area contributed by atoms with Crippen molar-refractivity contribution in [1.82, 2.24) is 9.55 Å². The SMILES string of the molecule is CCCCCC[C@H](C)N=Cc1c(O)n(-c2cccc(F)c2)c(=O)[nH]c1=O. The van der Waals surface area contributed by atoms with Crippen molar-refractivity contribution in [3.05, 3.63) is 56.5 Å². The minimum atomic E-state index is -0.845. The highest BCUT2D eigenvalue weighted by Crippen LogP contribution is 2.16. The first-order chi connectivity index (χ1) is 12.4. The van der Waals surface area contributed by atoms with Crippen LogP contribution >= 0.6 is 0 Å². The molecule has 0 amide bonds. The summed E-state index contributed by atoms with van der Waals surface area (Å²) in [7, 11) is 0. The molecule has 2 rings (SSSR count). The van der Waals surface area contributed by atoms with Crippen molar-refractivity contribution in [3.63, 3.8) is 0 Å². The Morgan fingerprint density at radius 3 is 2.77 bits per heavy atom. The van der Waals surface area contributed by atoms with E-state index in [0.29, 0.717) is 0 Å². The summed E-state index contributed by atoms with van der Waals surface area (Å²) in [5, 5.41) is 10.4. The van der Waals surface area contributed by atoms with Gasteiger partial charge in [-0.15, -0.1) is 0 Å². The van der Waals surface area contributed by atoms with Gasteiger partial charge in [0, 0.05) is 12.3 Å². The minimum Gasteiger partial charge on any atom is -0.493 e. The van der Waals surface area contributed by atoms with Gasteiger partial charge in [0.25, 0.3) is 5.56 Å². The summed E-state index contributed by atoms with van der Waals surface area (Å²) in [4.78, 5) is 30.5. The lowest BCUT2D eigenvalue weighted by molar-refractivity contribution is 0.429. The van der Waals surface area contributed by atoms with Gasteiger partial charge in [0.05, 0.1) is 5.69 Å². The van der Waals surface area contributed by atoms with Crippen LogP contribution in [0.15, 0.2) is 38.8 Å². The highest BCUT2D eigenvalue weighted by Gasteiger charge is 2.14. The van der Waals surface area contributed by atoms with E-state index in [1.165, 1.54) is 30.8 Å². The summed E-state index contributed by atoms with van der Waals surface area (Å²) >= 11 is 0. The first-order valence-electron chi connectivity index (χ1n) is 8.81. The number of halogens is 1. The molecule has 1 atom stereocenters. The Bertz CT molecular complexity index is 886. The van der Waals surface area contributed by atoms with Crippen molar-refractivity contribution in [2.24, 2.45) is 4.99 Å². The quantitative estimate of drug-likeness (QED) is 0.559. The van der Waals surface area contributed by atoms with E-state index in [-0.39, 0.29) is 17.3 Å². The molecule has 26 heavy (non-hydrogen) atoms. The Hall–Kier alpha value is -2.70. The van der Waals surface area contributed by atoms with E-state index in [0.717, 1.165) is 36.3 Å². The van der Waals surface area contributed by atoms with Gasteiger partial charge in [0.2, 0.25) is 5.88 Å². The zero-order valence-corrected chi connectivity index (χ0v) is 15.0. The first kappa shape index (κ1) is 19.6. The van der Waals surface area contributed by atoms with Gasteiger partial charge in [-0.05, 0) is 31.5 Å². The van der Waals surface area contributed by atoms with Crippen LogP contribution in [0.1, 0.15) is 51.5 Å². The number of nitrogens with one attached hydrogen (secondary N) is 1. The molecular formula is C19H24FN3O3. The summed E-state index contributed by atoms with van der Waals surface area (Å²) in [6.07, 6.45) is 6.65. The van der Waals surface area contributed by atoms with Crippen LogP contribution in [0.2, 0.25) is 0 Å². The molecule has 0 fully saturated rings. The van der Waals surface area contributed by atoms with Crippen LogP contribution in [0.3, 0.4) is 0 Å². The molecule has 0 saturated heterocycles. The largest absolute Gasteiger partial charge is 0.493 e. The zero-order valence-electron chi connectivity index (χ0n) is 15.0. The Morgan fingerprint density at radius 2 is 2.08 bits per heavy atom. The molecule has 140 valence electrons. The van der Waals surface area contributed by atoms with E-state index in [4.69, 9.17) is 0 Å². The third-order valence-electron chi connectivity index (χ3n) is 4.12. The van der Waals surface area contributed by atoms with Crippen molar-refractivity contribution >= 4 is 6.21 Å². The monoisotopic (exact) mass is 361 g/mol. The number of nitrogens with zero attached hydrogens (tertiary/aromatic N) is 2. The molecule has 0 aliphatic rings. The lowest BCUT2D eigenvalue weighted by Gasteiger charge is -2.10. The van der Waals surface area contributed by atoms with Crippen LogP contribution in [0.5, 0.6) is 5.88 Å². The van der Waals surface area contributed by atoms with Crippen molar-refractivity contribution in [2.75, 3.05) is 0 Å². The second-order valence-electron chi connectivity index (χ2n) is 6.29. The predicted molar refractivity (Wildman–Crippen MR) is 100 cm³/mol. The molecule has 6 nitrogen and oxygen atoms in total. The fourth-order valence-corrected chi connectivity index (χ4v) is 2.65. The van der Waals surface area contributed by atoms with Crippen LogP contribution < -0.4 is 11.2 Å². The number of hydrogen-bond acceptors (Lipinski definition) is 4. The van der Waals surface area contributed by atoms with Gasteiger partial charge in [-0.1, -0.05) is 38.7 Å². The Morgan fingerprint density at radius 1 is 1.31 bits per heavy atom. The molecule has 0 aliphatic carbocycles. The molecule has 0 radical (unpaired) electrons.